The Morgan fingerprint density at radius 3 is 2.79 bits per heavy atom. The second kappa shape index (κ2) is 5.51. The number of aromatic nitrogens is 2. The Bertz CT molecular complexity index is 508. The van der Waals surface area contributed by atoms with Crippen LogP contribution in [0.25, 0.3) is 0 Å². The highest BCUT2D eigenvalue weighted by molar-refractivity contribution is 6.32. The molecule has 0 aliphatic heterocycles. The number of rotatable bonds is 6. The van der Waals surface area contributed by atoms with Gasteiger partial charge in [-0.2, -0.15) is 5.10 Å². The van der Waals surface area contributed by atoms with Gasteiger partial charge in [0.2, 0.25) is 0 Å². The molecule has 0 bridgehead atoms. The second-order valence-electron chi connectivity index (χ2n) is 5.87. The maximum atomic E-state index is 12.1. The molecule has 19 heavy (non-hydrogen) atoms. The third-order valence-corrected chi connectivity index (χ3v) is 3.92. The highest BCUT2D eigenvalue weighted by Crippen LogP contribution is 2.44. The number of hydrogen-bond donors (Lipinski definition) is 1. The number of anilines is 1. The Kier molecular flexibility index (Phi) is 4.16. The normalized spacial score (nSPS) is 16.7. The fourth-order valence-corrected chi connectivity index (χ4v) is 1.95. The van der Waals surface area contributed by atoms with Crippen molar-refractivity contribution in [3.05, 3.63) is 21.6 Å². The van der Waals surface area contributed by atoms with Gasteiger partial charge in [-0.05, 0) is 32.4 Å². The van der Waals surface area contributed by atoms with Crippen molar-refractivity contribution in [1.82, 2.24) is 14.7 Å². The van der Waals surface area contributed by atoms with Gasteiger partial charge in [0.15, 0.2) is 0 Å². The Balaban J connectivity index is 2.06. The molecule has 2 rings (SSSR count). The molecule has 1 aliphatic rings. The van der Waals surface area contributed by atoms with Gasteiger partial charge in [0, 0.05) is 13.1 Å². The van der Waals surface area contributed by atoms with Crippen molar-refractivity contribution in [3.8, 4) is 0 Å². The Morgan fingerprint density at radius 2 is 2.21 bits per heavy atom. The van der Waals surface area contributed by atoms with E-state index in [1.54, 1.807) is 6.20 Å². The third-order valence-electron chi connectivity index (χ3n) is 3.55. The molecule has 1 N–H and O–H groups in total. The number of hydrogen-bond acceptors (Lipinski definition) is 4. The van der Waals surface area contributed by atoms with Gasteiger partial charge >= 0.3 is 0 Å². The number of likely N-dealkylation sites (N-methyl/N-ethyl adjacent to an activating group) is 1. The summed E-state index contributed by atoms with van der Waals surface area (Å²) in [5, 5.41) is 7.63. The zero-order chi connectivity index (χ0) is 14.0. The summed E-state index contributed by atoms with van der Waals surface area (Å²) in [5.41, 5.74) is 0.777. The van der Waals surface area contributed by atoms with E-state index in [2.05, 4.69) is 17.3 Å². The average molecular weight is 285 g/mol. The first-order valence-corrected chi connectivity index (χ1v) is 6.93. The molecule has 1 aromatic heterocycles. The SMILES string of the molecule is CN(C)CCn1ncc(NCC2(C)CC2)c(Cl)c1=O. The largest absolute Gasteiger partial charge is 0.382 e. The minimum atomic E-state index is -0.227. The molecule has 0 spiro atoms. The fraction of sp³-hybridized carbons (Fsp3) is 0.692. The van der Waals surface area contributed by atoms with Gasteiger partial charge in [-0.3, -0.25) is 4.79 Å². The lowest BCUT2D eigenvalue weighted by molar-refractivity contribution is 0.367. The van der Waals surface area contributed by atoms with E-state index in [0.29, 0.717) is 17.6 Å². The maximum absolute atomic E-state index is 12.1. The average Bonchev–Trinajstić information content (AvgIpc) is 3.08. The molecule has 6 heteroatoms. The highest BCUT2D eigenvalue weighted by atomic mass is 35.5. The van der Waals surface area contributed by atoms with Gasteiger partial charge in [0.1, 0.15) is 5.02 Å². The molecule has 0 aromatic carbocycles. The molecule has 0 radical (unpaired) electrons. The number of nitrogens with one attached hydrogen (secondary N) is 1. The topological polar surface area (TPSA) is 50.2 Å². The summed E-state index contributed by atoms with van der Waals surface area (Å²) in [5.74, 6) is 0. The lowest BCUT2D eigenvalue weighted by atomic mass is 10.1. The Morgan fingerprint density at radius 1 is 1.53 bits per heavy atom. The molecule has 1 saturated carbocycles. The first kappa shape index (κ1) is 14.3. The van der Waals surface area contributed by atoms with E-state index in [9.17, 15) is 4.79 Å². The quantitative estimate of drug-likeness (QED) is 0.863. The summed E-state index contributed by atoms with van der Waals surface area (Å²) < 4.78 is 1.41. The zero-order valence-electron chi connectivity index (χ0n) is 11.7. The summed E-state index contributed by atoms with van der Waals surface area (Å²) in [6, 6.07) is 0. The second-order valence-corrected chi connectivity index (χ2v) is 6.25. The predicted octanol–water partition coefficient (Wildman–Crippen LogP) is 1.67. The van der Waals surface area contributed by atoms with E-state index in [0.717, 1.165) is 13.1 Å². The van der Waals surface area contributed by atoms with Crippen LogP contribution < -0.4 is 10.9 Å². The monoisotopic (exact) mass is 284 g/mol. The molecule has 0 unspecified atom stereocenters. The van der Waals surface area contributed by atoms with E-state index in [1.165, 1.54) is 17.5 Å². The first-order chi connectivity index (χ1) is 8.91. The minimum absolute atomic E-state index is 0.227. The molecular formula is C13H21ClN4O. The number of nitrogens with zero attached hydrogens (tertiary/aromatic N) is 3. The van der Waals surface area contributed by atoms with Gasteiger partial charge in [0.05, 0.1) is 18.4 Å². The van der Waals surface area contributed by atoms with Crippen molar-refractivity contribution < 1.29 is 0 Å². The summed E-state index contributed by atoms with van der Waals surface area (Å²) in [6.07, 6.45) is 4.10. The van der Waals surface area contributed by atoms with Gasteiger partial charge < -0.3 is 10.2 Å². The lowest BCUT2D eigenvalue weighted by Gasteiger charge is -2.14. The van der Waals surface area contributed by atoms with Crippen molar-refractivity contribution in [2.45, 2.75) is 26.3 Å². The molecule has 106 valence electrons. The maximum Gasteiger partial charge on any atom is 0.287 e. The zero-order valence-corrected chi connectivity index (χ0v) is 12.5. The van der Waals surface area contributed by atoms with Crippen LogP contribution in [0, 0.1) is 5.41 Å². The summed E-state index contributed by atoms with van der Waals surface area (Å²) in [6.45, 7) is 4.37. The van der Waals surface area contributed by atoms with Crippen LogP contribution in [0.4, 0.5) is 5.69 Å². The summed E-state index contributed by atoms with van der Waals surface area (Å²) in [4.78, 5) is 14.1. The van der Waals surface area contributed by atoms with E-state index in [4.69, 9.17) is 11.6 Å². The van der Waals surface area contributed by atoms with Crippen LogP contribution in [0.3, 0.4) is 0 Å². The Labute approximate surface area is 118 Å². The van der Waals surface area contributed by atoms with Crippen molar-refractivity contribution in [2.75, 3.05) is 32.5 Å². The van der Waals surface area contributed by atoms with Gasteiger partial charge in [-0.1, -0.05) is 18.5 Å². The van der Waals surface area contributed by atoms with Crippen LogP contribution >= 0.6 is 11.6 Å². The van der Waals surface area contributed by atoms with Crippen LogP contribution in [0.2, 0.25) is 5.02 Å². The van der Waals surface area contributed by atoms with Crippen LogP contribution in [-0.2, 0) is 6.54 Å². The molecule has 5 nitrogen and oxygen atoms in total. The van der Waals surface area contributed by atoms with Crippen molar-refractivity contribution in [2.24, 2.45) is 5.41 Å². The van der Waals surface area contributed by atoms with Gasteiger partial charge in [-0.25, -0.2) is 4.68 Å². The molecule has 0 amide bonds. The van der Waals surface area contributed by atoms with Crippen LogP contribution in [-0.4, -0.2) is 41.9 Å². The van der Waals surface area contributed by atoms with Crippen molar-refractivity contribution >= 4 is 17.3 Å². The van der Waals surface area contributed by atoms with Crippen LogP contribution in [0.5, 0.6) is 0 Å². The standard InChI is InChI=1S/C13H21ClN4O/c1-13(4-5-13)9-15-10-8-16-18(7-6-17(2)3)12(19)11(10)14/h8,15H,4-7,9H2,1-3H3. The lowest BCUT2D eigenvalue weighted by Crippen LogP contribution is -2.29. The fourth-order valence-electron chi connectivity index (χ4n) is 1.74. The van der Waals surface area contributed by atoms with Gasteiger partial charge in [0.25, 0.3) is 5.56 Å². The highest BCUT2D eigenvalue weighted by Gasteiger charge is 2.36. The molecule has 1 aromatic rings. The molecule has 0 saturated heterocycles. The number of halogens is 1. The molecular weight excluding hydrogens is 264 g/mol. The van der Waals surface area contributed by atoms with E-state index >= 15 is 0 Å². The summed E-state index contributed by atoms with van der Waals surface area (Å²) >= 11 is 6.11. The predicted molar refractivity (Wildman–Crippen MR) is 77.9 cm³/mol. The Hall–Kier alpha value is -1.07. The van der Waals surface area contributed by atoms with Crippen LogP contribution in [0.15, 0.2) is 11.0 Å². The third kappa shape index (κ3) is 3.70. The first-order valence-electron chi connectivity index (χ1n) is 6.55. The summed E-state index contributed by atoms with van der Waals surface area (Å²) in [7, 11) is 3.91. The molecule has 0 atom stereocenters. The van der Waals surface area contributed by atoms with E-state index in [1.807, 2.05) is 19.0 Å². The van der Waals surface area contributed by atoms with E-state index in [-0.39, 0.29) is 10.6 Å². The minimum Gasteiger partial charge on any atom is -0.382 e. The van der Waals surface area contributed by atoms with Crippen LogP contribution in [0.1, 0.15) is 19.8 Å². The van der Waals surface area contributed by atoms with Crippen molar-refractivity contribution in [1.29, 1.82) is 0 Å². The van der Waals surface area contributed by atoms with Gasteiger partial charge in [-0.15, -0.1) is 0 Å². The van der Waals surface area contributed by atoms with Crippen molar-refractivity contribution in [3.63, 3.8) is 0 Å². The smallest absolute Gasteiger partial charge is 0.287 e. The molecule has 1 heterocycles. The molecule has 1 fully saturated rings. The van der Waals surface area contributed by atoms with E-state index < -0.39 is 0 Å². The molecule has 1 aliphatic carbocycles.